The molecule has 4 heteroatoms. The van der Waals surface area contributed by atoms with Gasteiger partial charge in [0.05, 0.1) is 6.67 Å². The van der Waals surface area contributed by atoms with Gasteiger partial charge in [0.1, 0.15) is 4.32 Å². The van der Waals surface area contributed by atoms with Crippen LogP contribution in [0.4, 0.5) is 0 Å². The molecule has 0 spiro atoms. The van der Waals surface area contributed by atoms with Crippen molar-refractivity contribution in [3.05, 3.63) is 0 Å². The molecule has 2 N–H and O–H groups in total. The summed E-state index contributed by atoms with van der Waals surface area (Å²) in [7, 11) is 1.83. The summed E-state index contributed by atoms with van der Waals surface area (Å²) in [5.74, 6) is 0. The molecule has 0 saturated carbocycles. The minimum absolute atomic E-state index is 0.523. The van der Waals surface area contributed by atoms with E-state index in [0.717, 1.165) is 0 Å². The van der Waals surface area contributed by atoms with Crippen molar-refractivity contribution in [2.75, 3.05) is 13.7 Å². The van der Waals surface area contributed by atoms with Gasteiger partial charge in [-0.15, -0.1) is 12.6 Å². The lowest BCUT2D eigenvalue weighted by atomic mass is 11.0. The largest absolute Gasteiger partial charge is 0.359 e. The Morgan fingerprint density at radius 2 is 2.43 bits per heavy atom. The molecular weight excluding hydrogens is 128 g/mol. The van der Waals surface area contributed by atoms with E-state index in [1.807, 2.05) is 7.05 Å². The molecule has 0 bridgehead atoms. The molecule has 0 aliphatic rings. The normalized spacial score (nSPS) is 8.29. The van der Waals surface area contributed by atoms with E-state index in [1.165, 1.54) is 0 Å². The van der Waals surface area contributed by atoms with Gasteiger partial charge in [-0.3, -0.25) is 0 Å². The Bertz CT molecular complexity index is 64.0. The number of thiocarbonyl (C=S) groups is 1. The van der Waals surface area contributed by atoms with E-state index in [0.29, 0.717) is 11.0 Å². The highest BCUT2D eigenvalue weighted by atomic mass is 32.1. The molecule has 0 radical (unpaired) electrons. The van der Waals surface area contributed by atoms with Gasteiger partial charge in [-0.05, 0) is 7.05 Å². The summed E-state index contributed by atoms with van der Waals surface area (Å²) in [5, 5.41) is 5.63. The summed E-state index contributed by atoms with van der Waals surface area (Å²) in [4.78, 5) is 0. The lowest BCUT2D eigenvalue weighted by Gasteiger charge is -1.97. The summed E-state index contributed by atoms with van der Waals surface area (Å²) in [5.41, 5.74) is 0. The summed E-state index contributed by atoms with van der Waals surface area (Å²) >= 11 is 8.39. The topological polar surface area (TPSA) is 24.1 Å². The van der Waals surface area contributed by atoms with Crippen LogP contribution in [0.2, 0.25) is 0 Å². The van der Waals surface area contributed by atoms with Crippen LogP contribution in [0.25, 0.3) is 0 Å². The van der Waals surface area contributed by atoms with E-state index in [-0.39, 0.29) is 0 Å². The van der Waals surface area contributed by atoms with Crippen LogP contribution in [0.3, 0.4) is 0 Å². The standard InChI is InChI=1S/C3H8N2S2/c1-4-2-5-3(6)7/h4H,2H2,1H3,(H2,5,6,7). The first-order chi connectivity index (χ1) is 3.27. The molecule has 0 aromatic rings. The highest BCUT2D eigenvalue weighted by Crippen LogP contribution is 1.72. The molecule has 7 heavy (non-hydrogen) atoms. The number of rotatable bonds is 2. The lowest BCUT2D eigenvalue weighted by Crippen LogP contribution is -2.27. The fraction of sp³-hybridized carbons (Fsp3) is 0.667. The molecule has 0 atom stereocenters. The van der Waals surface area contributed by atoms with Crippen molar-refractivity contribution in [3.63, 3.8) is 0 Å². The quantitative estimate of drug-likeness (QED) is 0.282. The van der Waals surface area contributed by atoms with Gasteiger partial charge >= 0.3 is 0 Å². The highest BCUT2D eigenvalue weighted by molar-refractivity contribution is 8.11. The second-order valence-electron chi connectivity index (χ2n) is 1.01. The monoisotopic (exact) mass is 136 g/mol. The van der Waals surface area contributed by atoms with Crippen LogP contribution in [0.5, 0.6) is 0 Å². The van der Waals surface area contributed by atoms with E-state index in [1.54, 1.807) is 0 Å². The number of hydrogen-bond acceptors (Lipinski definition) is 2. The molecule has 0 aromatic heterocycles. The number of thiol groups is 1. The van der Waals surface area contributed by atoms with E-state index >= 15 is 0 Å². The molecule has 0 rings (SSSR count). The van der Waals surface area contributed by atoms with E-state index in [2.05, 4.69) is 35.5 Å². The predicted octanol–water partition coefficient (Wildman–Crippen LogP) is -0.0324. The van der Waals surface area contributed by atoms with Crippen LogP contribution in [0.1, 0.15) is 0 Å². The van der Waals surface area contributed by atoms with E-state index < -0.39 is 0 Å². The Labute approximate surface area is 54.1 Å². The average molecular weight is 136 g/mol. The van der Waals surface area contributed by atoms with Gasteiger partial charge < -0.3 is 10.6 Å². The lowest BCUT2D eigenvalue weighted by molar-refractivity contribution is 0.772. The molecule has 0 saturated heterocycles. The SMILES string of the molecule is CNCNC(=S)S. The third-order valence-corrected chi connectivity index (χ3v) is 0.719. The fourth-order valence-electron chi connectivity index (χ4n) is 0.164. The second-order valence-corrected chi connectivity index (χ2v) is 2.17. The zero-order valence-corrected chi connectivity index (χ0v) is 5.77. The zero-order valence-electron chi connectivity index (χ0n) is 4.06. The summed E-state index contributed by atoms with van der Waals surface area (Å²) in [6.45, 7) is 0.683. The van der Waals surface area contributed by atoms with Gasteiger partial charge in [-0.1, -0.05) is 12.2 Å². The molecular formula is C3H8N2S2. The highest BCUT2D eigenvalue weighted by Gasteiger charge is 1.78. The number of nitrogens with one attached hydrogen (secondary N) is 2. The smallest absolute Gasteiger partial charge is 0.131 e. The van der Waals surface area contributed by atoms with Gasteiger partial charge in [0.25, 0.3) is 0 Å². The molecule has 0 heterocycles. The minimum atomic E-state index is 0.523. The zero-order chi connectivity index (χ0) is 5.70. The average Bonchev–Trinajstić information content (AvgIpc) is 1.61. The molecule has 2 nitrogen and oxygen atoms in total. The van der Waals surface area contributed by atoms with Crippen LogP contribution in [0.15, 0.2) is 0 Å². The first-order valence-electron chi connectivity index (χ1n) is 1.88. The van der Waals surface area contributed by atoms with Crippen molar-refractivity contribution < 1.29 is 0 Å². The molecule has 0 aliphatic heterocycles. The van der Waals surface area contributed by atoms with Crippen LogP contribution >= 0.6 is 24.8 Å². The van der Waals surface area contributed by atoms with E-state index in [9.17, 15) is 0 Å². The van der Waals surface area contributed by atoms with Crippen LogP contribution in [-0.2, 0) is 0 Å². The minimum Gasteiger partial charge on any atom is -0.359 e. The maximum Gasteiger partial charge on any atom is 0.131 e. The van der Waals surface area contributed by atoms with Crippen molar-refractivity contribution >= 4 is 29.2 Å². The van der Waals surface area contributed by atoms with Gasteiger partial charge in [0.2, 0.25) is 0 Å². The Morgan fingerprint density at radius 1 is 1.86 bits per heavy atom. The summed E-state index contributed by atoms with van der Waals surface area (Å²) < 4.78 is 0.523. The van der Waals surface area contributed by atoms with Crippen molar-refractivity contribution in [2.24, 2.45) is 0 Å². The first kappa shape index (κ1) is 7.20. The number of hydrogen-bond donors (Lipinski definition) is 3. The van der Waals surface area contributed by atoms with Crippen molar-refractivity contribution in [1.82, 2.24) is 10.6 Å². The predicted molar refractivity (Wildman–Crippen MR) is 38.6 cm³/mol. The maximum atomic E-state index is 4.57. The van der Waals surface area contributed by atoms with Gasteiger partial charge in [0, 0.05) is 0 Å². The van der Waals surface area contributed by atoms with Gasteiger partial charge in [-0.2, -0.15) is 0 Å². The Morgan fingerprint density at radius 3 is 2.57 bits per heavy atom. The van der Waals surface area contributed by atoms with Crippen LogP contribution < -0.4 is 10.6 Å². The summed E-state index contributed by atoms with van der Waals surface area (Å²) in [6.07, 6.45) is 0. The summed E-state index contributed by atoms with van der Waals surface area (Å²) in [6, 6.07) is 0. The van der Waals surface area contributed by atoms with Crippen molar-refractivity contribution in [3.8, 4) is 0 Å². The van der Waals surface area contributed by atoms with Crippen molar-refractivity contribution in [1.29, 1.82) is 0 Å². The Hall–Kier alpha value is 0.200. The van der Waals surface area contributed by atoms with Gasteiger partial charge in [-0.25, -0.2) is 0 Å². The second kappa shape index (κ2) is 4.36. The third kappa shape index (κ3) is 6.20. The molecule has 0 aliphatic carbocycles. The molecule has 42 valence electrons. The third-order valence-electron chi connectivity index (χ3n) is 0.416. The maximum absolute atomic E-state index is 4.57. The fourth-order valence-corrected chi connectivity index (χ4v) is 0.315. The first-order valence-corrected chi connectivity index (χ1v) is 2.74. The Balaban J connectivity index is 2.82. The van der Waals surface area contributed by atoms with Crippen molar-refractivity contribution in [2.45, 2.75) is 0 Å². The molecule has 0 amide bonds. The van der Waals surface area contributed by atoms with Gasteiger partial charge in [0.15, 0.2) is 0 Å². The van der Waals surface area contributed by atoms with E-state index in [4.69, 9.17) is 0 Å². The molecule has 0 fully saturated rings. The molecule has 0 unspecified atom stereocenters. The Kier molecular flexibility index (Phi) is 4.49. The van der Waals surface area contributed by atoms with Crippen LogP contribution in [-0.4, -0.2) is 18.0 Å². The van der Waals surface area contributed by atoms with Crippen LogP contribution in [0, 0.1) is 0 Å². The molecule has 0 aromatic carbocycles.